The molecule has 0 radical (unpaired) electrons. The lowest BCUT2D eigenvalue weighted by atomic mass is 10.2. The molecule has 0 aliphatic rings. The van der Waals surface area contributed by atoms with E-state index < -0.39 is 5.97 Å². The molecular formula is C14H14O4S. The SMILES string of the molecule is O=C(O)c1cccc(OCCSCc2ccco2)c1. The van der Waals surface area contributed by atoms with Crippen LogP contribution in [-0.4, -0.2) is 23.4 Å². The number of benzene rings is 1. The molecule has 0 saturated heterocycles. The van der Waals surface area contributed by atoms with Crippen molar-refractivity contribution in [2.24, 2.45) is 0 Å². The minimum Gasteiger partial charge on any atom is -0.493 e. The summed E-state index contributed by atoms with van der Waals surface area (Å²) in [5.41, 5.74) is 0.237. The maximum Gasteiger partial charge on any atom is 0.335 e. The molecule has 0 saturated carbocycles. The van der Waals surface area contributed by atoms with E-state index in [0.717, 1.165) is 17.3 Å². The summed E-state index contributed by atoms with van der Waals surface area (Å²) in [4.78, 5) is 10.8. The number of hydrogen-bond acceptors (Lipinski definition) is 4. The van der Waals surface area contributed by atoms with E-state index in [4.69, 9.17) is 14.3 Å². The van der Waals surface area contributed by atoms with E-state index in [1.807, 2.05) is 12.1 Å². The topological polar surface area (TPSA) is 59.7 Å². The third kappa shape index (κ3) is 4.37. The molecule has 0 bridgehead atoms. The Morgan fingerprint density at radius 2 is 2.21 bits per heavy atom. The van der Waals surface area contributed by atoms with Gasteiger partial charge in [0.2, 0.25) is 0 Å². The van der Waals surface area contributed by atoms with Gasteiger partial charge in [-0.15, -0.1) is 0 Å². The van der Waals surface area contributed by atoms with Gasteiger partial charge in [-0.05, 0) is 30.3 Å². The molecule has 1 heterocycles. The number of furan rings is 1. The Morgan fingerprint density at radius 1 is 1.32 bits per heavy atom. The normalized spacial score (nSPS) is 10.3. The number of carboxylic acid groups (broad SMARTS) is 1. The van der Waals surface area contributed by atoms with Gasteiger partial charge in [-0.3, -0.25) is 0 Å². The maximum atomic E-state index is 10.8. The predicted molar refractivity (Wildman–Crippen MR) is 73.8 cm³/mol. The van der Waals surface area contributed by atoms with Crippen molar-refractivity contribution < 1.29 is 19.1 Å². The van der Waals surface area contributed by atoms with Crippen LogP contribution in [0.2, 0.25) is 0 Å². The fourth-order valence-corrected chi connectivity index (χ4v) is 2.22. The molecule has 0 atom stereocenters. The van der Waals surface area contributed by atoms with Crippen LogP contribution in [0.15, 0.2) is 47.1 Å². The van der Waals surface area contributed by atoms with Crippen molar-refractivity contribution in [1.29, 1.82) is 0 Å². The van der Waals surface area contributed by atoms with Gasteiger partial charge in [-0.1, -0.05) is 6.07 Å². The monoisotopic (exact) mass is 278 g/mol. The highest BCUT2D eigenvalue weighted by atomic mass is 32.2. The standard InChI is InChI=1S/C14H14O4S/c15-14(16)11-3-1-4-12(9-11)18-7-8-19-10-13-5-2-6-17-13/h1-6,9H,7-8,10H2,(H,15,16). The van der Waals surface area contributed by atoms with Gasteiger partial charge in [0.05, 0.1) is 24.2 Å². The summed E-state index contributed by atoms with van der Waals surface area (Å²) < 4.78 is 10.7. The summed E-state index contributed by atoms with van der Waals surface area (Å²) in [6, 6.07) is 10.3. The van der Waals surface area contributed by atoms with Gasteiger partial charge < -0.3 is 14.3 Å². The number of hydrogen-bond donors (Lipinski definition) is 1. The van der Waals surface area contributed by atoms with Gasteiger partial charge in [0.15, 0.2) is 0 Å². The minimum absolute atomic E-state index is 0.237. The summed E-state index contributed by atoms with van der Waals surface area (Å²) in [6.07, 6.45) is 1.66. The van der Waals surface area contributed by atoms with Crippen molar-refractivity contribution in [3.63, 3.8) is 0 Å². The second kappa shape index (κ2) is 6.89. The smallest absolute Gasteiger partial charge is 0.335 e. The Kier molecular flexibility index (Phi) is 4.92. The first-order chi connectivity index (χ1) is 9.25. The van der Waals surface area contributed by atoms with E-state index in [0.29, 0.717) is 12.4 Å². The lowest BCUT2D eigenvalue weighted by molar-refractivity contribution is 0.0696. The molecule has 0 amide bonds. The van der Waals surface area contributed by atoms with Crippen LogP contribution in [-0.2, 0) is 5.75 Å². The lowest BCUT2D eigenvalue weighted by Gasteiger charge is -2.06. The van der Waals surface area contributed by atoms with Gasteiger partial charge in [-0.2, -0.15) is 11.8 Å². The van der Waals surface area contributed by atoms with Crippen molar-refractivity contribution in [3.05, 3.63) is 54.0 Å². The fraction of sp³-hybridized carbons (Fsp3) is 0.214. The van der Waals surface area contributed by atoms with Crippen LogP contribution in [0.5, 0.6) is 5.75 Å². The van der Waals surface area contributed by atoms with Crippen LogP contribution in [0.3, 0.4) is 0 Å². The second-order valence-corrected chi connectivity index (χ2v) is 4.92. The number of rotatable bonds is 7. The van der Waals surface area contributed by atoms with Gasteiger partial charge in [0.1, 0.15) is 11.5 Å². The largest absolute Gasteiger partial charge is 0.493 e. The molecule has 100 valence electrons. The third-order valence-electron chi connectivity index (χ3n) is 2.40. The Morgan fingerprint density at radius 3 is 2.95 bits per heavy atom. The molecule has 5 heteroatoms. The van der Waals surface area contributed by atoms with Crippen LogP contribution in [0.1, 0.15) is 16.1 Å². The zero-order valence-corrected chi connectivity index (χ0v) is 11.1. The lowest BCUT2D eigenvalue weighted by Crippen LogP contribution is -2.02. The first-order valence-electron chi connectivity index (χ1n) is 5.82. The first kappa shape index (κ1) is 13.5. The van der Waals surface area contributed by atoms with Gasteiger partial charge >= 0.3 is 5.97 Å². The van der Waals surface area contributed by atoms with Crippen molar-refractivity contribution in [2.45, 2.75) is 5.75 Å². The minimum atomic E-state index is -0.947. The Hall–Kier alpha value is -1.88. The third-order valence-corrected chi connectivity index (χ3v) is 3.35. The summed E-state index contributed by atoms with van der Waals surface area (Å²) in [7, 11) is 0. The summed E-state index contributed by atoms with van der Waals surface area (Å²) in [6.45, 7) is 0.536. The van der Waals surface area contributed by atoms with E-state index in [1.54, 1.807) is 36.2 Å². The molecular weight excluding hydrogens is 264 g/mol. The average molecular weight is 278 g/mol. The van der Waals surface area contributed by atoms with Gasteiger partial charge in [0.25, 0.3) is 0 Å². The highest BCUT2D eigenvalue weighted by molar-refractivity contribution is 7.98. The van der Waals surface area contributed by atoms with E-state index in [9.17, 15) is 4.79 Å². The van der Waals surface area contributed by atoms with E-state index in [-0.39, 0.29) is 5.56 Å². The Balaban J connectivity index is 1.70. The maximum absolute atomic E-state index is 10.8. The predicted octanol–water partition coefficient (Wildman–Crippen LogP) is 3.29. The quantitative estimate of drug-likeness (QED) is 0.787. The van der Waals surface area contributed by atoms with Crippen molar-refractivity contribution in [1.82, 2.24) is 0 Å². The molecule has 0 aliphatic heterocycles. The van der Waals surface area contributed by atoms with Crippen LogP contribution in [0, 0.1) is 0 Å². The zero-order chi connectivity index (χ0) is 13.5. The molecule has 0 fully saturated rings. The molecule has 0 spiro atoms. The highest BCUT2D eigenvalue weighted by Gasteiger charge is 2.03. The fourth-order valence-electron chi connectivity index (χ4n) is 1.50. The molecule has 1 N–H and O–H groups in total. The van der Waals surface area contributed by atoms with Crippen molar-refractivity contribution in [2.75, 3.05) is 12.4 Å². The zero-order valence-electron chi connectivity index (χ0n) is 10.2. The van der Waals surface area contributed by atoms with Gasteiger partial charge in [0, 0.05) is 5.75 Å². The second-order valence-electron chi connectivity index (χ2n) is 3.81. The van der Waals surface area contributed by atoms with E-state index in [2.05, 4.69) is 0 Å². The molecule has 4 nitrogen and oxygen atoms in total. The van der Waals surface area contributed by atoms with Crippen LogP contribution in [0.4, 0.5) is 0 Å². The van der Waals surface area contributed by atoms with E-state index >= 15 is 0 Å². The Labute approximate surface area is 115 Å². The van der Waals surface area contributed by atoms with Crippen LogP contribution >= 0.6 is 11.8 Å². The number of carbonyl (C=O) groups is 1. The molecule has 19 heavy (non-hydrogen) atoms. The number of ether oxygens (including phenoxy) is 1. The molecule has 1 aromatic heterocycles. The van der Waals surface area contributed by atoms with Crippen LogP contribution < -0.4 is 4.74 Å². The first-order valence-corrected chi connectivity index (χ1v) is 6.97. The highest BCUT2D eigenvalue weighted by Crippen LogP contribution is 2.15. The summed E-state index contributed by atoms with van der Waals surface area (Å²) in [5, 5.41) is 8.85. The van der Waals surface area contributed by atoms with Crippen molar-refractivity contribution >= 4 is 17.7 Å². The number of carboxylic acids is 1. The number of thioether (sulfide) groups is 1. The molecule has 2 aromatic rings. The van der Waals surface area contributed by atoms with Crippen LogP contribution in [0.25, 0.3) is 0 Å². The number of aromatic carboxylic acids is 1. The van der Waals surface area contributed by atoms with Crippen molar-refractivity contribution in [3.8, 4) is 5.75 Å². The molecule has 0 unspecified atom stereocenters. The summed E-state index contributed by atoms with van der Waals surface area (Å²) >= 11 is 1.71. The Bertz CT molecular complexity index is 522. The molecule has 1 aromatic carbocycles. The summed E-state index contributed by atoms with van der Waals surface area (Å²) in [5.74, 6) is 2.21. The van der Waals surface area contributed by atoms with E-state index in [1.165, 1.54) is 6.07 Å². The molecule has 2 rings (SSSR count). The average Bonchev–Trinajstić information content (AvgIpc) is 2.92. The van der Waals surface area contributed by atoms with Gasteiger partial charge in [-0.25, -0.2) is 4.79 Å². The molecule has 0 aliphatic carbocycles.